The first-order chi connectivity index (χ1) is 15.3. The van der Waals surface area contributed by atoms with E-state index in [1.54, 1.807) is 37.7 Å². The molecular weight excluding hydrogens is 555 g/mol. The van der Waals surface area contributed by atoms with Crippen molar-refractivity contribution in [3.05, 3.63) is 78.4 Å². The topological polar surface area (TPSA) is 52.6 Å². The van der Waals surface area contributed by atoms with Crippen LogP contribution in [0.5, 0.6) is 0 Å². The zero-order valence-corrected chi connectivity index (χ0v) is 21.5. The third-order valence-electron chi connectivity index (χ3n) is 4.72. The molecule has 164 valence electrons. The largest absolute Gasteiger partial charge is 0.461 e. The lowest BCUT2D eigenvalue weighted by Crippen LogP contribution is -2.28. The van der Waals surface area contributed by atoms with Crippen molar-refractivity contribution in [3.8, 4) is 0 Å². The van der Waals surface area contributed by atoms with Gasteiger partial charge in [-0.1, -0.05) is 58.6 Å². The van der Waals surface area contributed by atoms with Crippen LogP contribution in [0.15, 0.2) is 97.3 Å². The number of carbonyl (C=O) groups excluding carboxylic acids is 2. The normalized spacial score (nSPS) is 13.1. The van der Waals surface area contributed by atoms with Gasteiger partial charge < -0.3 is 9.47 Å². The van der Waals surface area contributed by atoms with E-state index in [9.17, 15) is 9.59 Å². The molecule has 3 aromatic carbocycles. The maximum Gasteiger partial charge on any atom is 0.338 e. The van der Waals surface area contributed by atoms with E-state index in [1.807, 2.05) is 34.7 Å². The zero-order chi connectivity index (χ0) is 22.7. The molecule has 3 aromatic rings. The monoisotopic (exact) mass is 577 g/mol. The number of benzene rings is 3. The van der Waals surface area contributed by atoms with Gasteiger partial charge in [-0.2, -0.15) is 0 Å². The van der Waals surface area contributed by atoms with Gasteiger partial charge in [0.15, 0.2) is 14.7 Å². The molecule has 32 heavy (non-hydrogen) atoms. The van der Waals surface area contributed by atoms with Gasteiger partial charge in [-0.3, -0.25) is 4.79 Å². The molecule has 0 unspecified atom stereocenters. The molecule has 0 fully saturated rings. The lowest BCUT2D eigenvalue weighted by Gasteiger charge is -2.18. The van der Waals surface area contributed by atoms with Crippen molar-refractivity contribution in [1.29, 1.82) is 0 Å². The lowest BCUT2D eigenvalue weighted by atomic mass is 10.2. The fraction of sp³-hybridized carbons (Fsp3) is 0.200. The molecule has 0 aliphatic carbocycles. The van der Waals surface area contributed by atoms with Gasteiger partial charge in [0.1, 0.15) is 27.5 Å². The van der Waals surface area contributed by atoms with Crippen molar-refractivity contribution < 1.29 is 19.1 Å². The Bertz CT molecular complexity index is 1090. The Morgan fingerprint density at radius 2 is 1.38 bits per heavy atom. The number of halogens is 1. The summed E-state index contributed by atoms with van der Waals surface area (Å²) in [6.07, 6.45) is 0. The molecule has 0 aromatic heterocycles. The molecule has 0 saturated carbocycles. The zero-order valence-electron chi connectivity index (χ0n) is 17.7. The number of hydrogen-bond acceptors (Lipinski definition) is 5. The van der Waals surface area contributed by atoms with Crippen LogP contribution in [0.25, 0.3) is 0 Å². The Balaban J connectivity index is 1.47. The number of fused-ring (bicyclic) bond motifs is 2. The van der Waals surface area contributed by atoms with Crippen molar-refractivity contribution in [2.45, 2.75) is 41.7 Å². The fourth-order valence-corrected chi connectivity index (χ4v) is 7.04. The van der Waals surface area contributed by atoms with Crippen LogP contribution in [-0.2, 0) is 25.2 Å². The van der Waals surface area contributed by atoms with Crippen LogP contribution in [0.3, 0.4) is 0 Å². The standard InChI is InChI=1S/C25H22IO4S2/c1-25(2,26)24(28)30-16-15-29-23(27)17-11-13-18(14-12-17)32-21-9-5-3-7-19(21)31-20-8-4-6-10-22(20)32/h3-14H,15-16H2,1-2H3/q+1. The van der Waals surface area contributed by atoms with Crippen molar-refractivity contribution in [1.82, 2.24) is 0 Å². The van der Waals surface area contributed by atoms with Crippen LogP contribution >= 0.6 is 34.4 Å². The Kier molecular flexibility index (Phi) is 7.17. The highest BCUT2D eigenvalue weighted by atomic mass is 127. The Labute approximate surface area is 208 Å². The number of esters is 2. The summed E-state index contributed by atoms with van der Waals surface area (Å²) >= 11 is 3.82. The molecule has 4 rings (SSSR count). The molecule has 1 aliphatic rings. The van der Waals surface area contributed by atoms with E-state index in [0.717, 1.165) is 4.90 Å². The van der Waals surface area contributed by atoms with Crippen LogP contribution in [-0.4, -0.2) is 28.6 Å². The van der Waals surface area contributed by atoms with E-state index in [4.69, 9.17) is 9.47 Å². The molecule has 0 spiro atoms. The third kappa shape index (κ3) is 5.15. The van der Waals surface area contributed by atoms with Gasteiger partial charge >= 0.3 is 11.9 Å². The number of ether oxygens (including phenoxy) is 2. The Morgan fingerprint density at radius 1 is 0.844 bits per heavy atom. The summed E-state index contributed by atoms with van der Waals surface area (Å²) in [5.74, 6) is -0.754. The summed E-state index contributed by atoms with van der Waals surface area (Å²) in [7, 11) is -0.231. The van der Waals surface area contributed by atoms with Gasteiger partial charge in [-0.25, -0.2) is 4.79 Å². The summed E-state index contributed by atoms with van der Waals surface area (Å²) < 4.78 is 9.80. The third-order valence-corrected chi connectivity index (χ3v) is 8.90. The maximum absolute atomic E-state index is 12.4. The number of rotatable bonds is 6. The second kappa shape index (κ2) is 9.89. The average molecular weight is 577 g/mol. The summed E-state index contributed by atoms with van der Waals surface area (Å²) in [5.41, 5.74) is 0.478. The van der Waals surface area contributed by atoms with Gasteiger partial charge in [0.2, 0.25) is 0 Å². The number of alkyl halides is 1. The first kappa shape index (κ1) is 23.2. The molecule has 0 saturated heterocycles. The van der Waals surface area contributed by atoms with Gasteiger partial charge in [0, 0.05) is 0 Å². The Hall–Kier alpha value is -1.97. The molecule has 0 atom stereocenters. The summed E-state index contributed by atoms with van der Waals surface area (Å²) in [4.78, 5) is 30.5. The fourth-order valence-electron chi connectivity index (χ4n) is 3.15. The van der Waals surface area contributed by atoms with E-state index in [-0.39, 0.29) is 30.1 Å². The van der Waals surface area contributed by atoms with E-state index < -0.39 is 9.39 Å². The summed E-state index contributed by atoms with van der Waals surface area (Å²) in [6, 6.07) is 24.6. The highest BCUT2D eigenvalue weighted by Gasteiger charge is 2.37. The van der Waals surface area contributed by atoms with Crippen molar-refractivity contribution in [3.63, 3.8) is 0 Å². The van der Waals surface area contributed by atoms with Gasteiger partial charge in [0.25, 0.3) is 0 Å². The van der Waals surface area contributed by atoms with Crippen molar-refractivity contribution >= 4 is 57.2 Å². The quantitative estimate of drug-likeness (QED) is 0.0904. The van der Waals surface area contributed by atoms with Gasteiger partial charge in [-0.15, -0.1) is 0 Å². The van der Waals surface area contributed by atoms with Gasteiger partial charge in [-0.05, 0) is 62.4 Å². The number of carbonyl (C=O) groups is 2. The second-order valence-corrected chi connectivity index (χ2v) is 13.3. The second-order valence-electron chi connectivity index (χ2n) is 7.57. The minimum Gasteiger partial charge on any atom is -0.461 e. The predicted octanol–water partition coefficient (Wildman–Crippen LogP) is 6.16. The summed E-state index contributed by atoms with van der Waals surface area (Å²) in [6.45, 7) is 3.61. The SMILES string of the molecule is CC(C)(I)C(=O)OCCOC(=O)c1ccc([S+]2c3ccccc3Sc3ccccc32)cc1. The first-order valence-electron chi connectivity index (χ1n) is 10.1. The van der Waals surface area contributed by atoms with E-state index in [0.29, 0.717) is 5.56 Å². The minimum atomic E-state index is -0.604. The molecule has 0 amide bonds. The minimum absolute atomic E-state index is 0.0292. The van der Waals surface area contributed by atoms with E-state index >= 15 is 0 Å². The maximum atomic E-state index is 12.4. The highest BCUT2D eigenvalue weighted by Crippen LogP contribution is 2.47. The van der Waals surface area contributed by atoms with Crippen LogP contribution in [0.4, 0.5) is 0 Å². The van der Waals surface area contributed by atoms with Gasteiger partial charge in [0.05, 0.1) is 15.4 Å². The molecule has 0 N–H and O–H groups in total. The van der Waals surface area contributed by atoms with E-state index in [2.05, 4.69) is 48.5 Å². The van der Waals surface area contributed by atoms with Crippen LogP contribution in [0.2, 0.25) is 0 Å². The van der Waals surface area contributed by atoms with Crippen molar-refractivity contribution in [2.24, 2.45) is 0 Å². The van der Waals surface area contributed by atoms with E-state index in [1.165, 1.54) is 19.6 Å². The average Bonchev–Trinajstić information content (AvgIpc) is 2.79. The summed E-state index contributed by atoms with van der Waals surface area (Å²) in [5, 5.41) is 0. The van der Waals surface area contributed by atoms with Crippen LogP contribution < -0.4 is 0 Å². The number of hydrogen-bond donors (Lipinski definition) is 0. The molecule has 0 radical (unpaired) electrons. The first-order valence-corrected chi connectivity index (χ1v) is 13.2. The molecule has 7 heteroatoms. The molecule has 1 heterocycles. The molecule has 4 nitrogen and oxygen atoms in total. The molecule has 0 bridgehead atoms. The van der Waals surface area contributed by atoms with Crippen LogP contribution in [0, 0.1) is 0 Å². The predicted molar refractivity (Wildman–Crippen MR) is 135 cm³/mol. The Morgan fingerprint density at radius 3 is 1.94 bits per heavy atom. The van der Waals surface area contributed by atoms with Crippen molar-refractivity contribution in [2.75, 3.05) is 13.2 Å². The smallest absolute Gasteiger partial charge is 0.338 e. The molecule has 1 aliphatic heterocycles. The lowest BCUT2D eigenvalue weighted by molar-refractivity contribution is -0.146. The van der Waals surface area contributed by atoms with Crippen LogP contribution in [0.1, 0.15) is 24.2 Å². The molecular formula is C25H22IO4S2+. The highest BCUT2D eigenvalue weighted by molar-refractivity contribution is 14.1.